The first-order valence-electron chi connectivity index (χ1n) is 4.05. The largest absolute Gasteiger partial charge is 0.265 e. The van der Waals surface area contributed by atoms with Gasteiger partial charge in [-0.15, -0.1) is 11.3 Å². The van der Waals surface area contributed by atoms with Crippen LogP contribution in [-0.2, 0) is 0 Å². The van der Waals surface area contributed by atoms with E-state index < -0.39 is 6.43 Å². The smallest absolute Gasteiger partial charge is 0.207 e. The third-order valence-electron chi connectivity index (χ3n) is 2.19. The van der Waals surface area contributed by atoms with Gasteiger partial charge in [0, 0.05) is 26.6 Å². The molecular formula is C10H7F3S. The Morgan fingerprint density at radius 1 is 1.29 bits per heavy atom. The molecule has 2 aromatic rings. The van der Waals surface area contributed by atoms with E-state index in [1.807, 2.05) is 0 Å². The second-order valence-electron chi connectivity index (χ2n) is 3.04. The molecule has 1 aromatic heterocycles. The highest BCUT2D eigenvalue weighted by Gasteiger charge is 2.15. The Morgan fingerprint density at radius 3 is 2.64 bits per heavy atom. The average molecular weight is 216 g/mol. The zero-order chi connectivity index (χ0) is 10.3. The highest BCUT2D eigenvalue weighted by Crippen LogP contribution is 2.35. The second-order valence-corrected chi connectivity index (χ2v) is 3.92. The summed E-state index contributed by atoms with van der Waals surface area (Å²) in [7, 11) is 0. The highest BCUT2D eigenvalue weighted by molar-refractivity contribution is 7.17. The van der Waals surface area contributed by atoms with E-state index in [-0.39, 0.29) is 11.4 Å². The van der Waals surface area contributed by atoms with Gasteiger partial charge in [0.15, 0.2) is 0 Å². The molecular weight excluding hydrogens is 209 g/mol. The number of hydrogen-bond donors (Lipinski definition) is 0. The van der Waals surface area contributed by atoms with Gasteiger partial charge < -0.3 is 0 Å². The van der Waals surface area contributed by atoms with Crippen LogP contribution in [0, 0.1) is 12.7 Å². The quantitative estimate of drug-likeness (QED) is 0.667. The number of aryl methyl sites for hydroxylation is 1. The Balaban J connectivity index is 2.77. The SMILES string of the molecule is Cc1c(F)ccc2c(C(F)F)csc12. The van der Waals surface area contributed by atoms with Crippen LogP contribution < -0.4 is 0 Å². The summed E-state index contributed by atoms with van der Waals surface area (Å²) < 4.78 is 38.6. The summed E-state index contributed by atoms with van der Waals surface area (Å²) >= 11 is 1.16. The van der Waals surface area contributed by atoms with Gasteiger partial charge in [-0.3, -0.25) is 0 Å². The van der Waals surface area contributed by atoms with Crippen molar-refractivity contribution in [2.75, 3.05) is 0 Å². The van der Waals surface area contributed by atoms with Crippen molar-refractivity contribution in [1.82, 2.24) is 0 Å². The Morgan fingerprint density at radius 2 is 2.00 bits per heavy atom. The van der Waals surface area contributed by atoms with Crippen LogP contribution in [0.2, 0.25) is 0 Å². The van der Waals surface area contributed by atoms with Gasteiger partial charge in [0.2, 0.25) is 0 Å². The molecule has 0 aliphatic carbocycles. The van der Waals surface area contributed by atoms with Crippen LogP contribution in [0.1, 0.15) is 17.6 Å². The van der Waals surface area contributed by atoms with Crippen molar-refractivity contribution < 1.29 is 13.2 Å². The van der Waals surface area contributed by atoms with Crippen LogP contribution in [0.15, 0.2) is 17.5 Å². The van der Waals surface area contributed by atoms with Gasteiger partial charge in [0.1, 0.15) is 5.82 Å². The predicted octanol–water partition coefficient (Wildman–Crippen LogP) is 4.29. The number of hydrogen-bond acceptors (Lipinski definition) is 1. The maximum atomic E-state index is 13.1. The first kappa shape index (κ1) is 9.52. The minimum atomic E-state index is -2.49. The lowest BCUT2D eigenvalue weighted by Crippen LogP contribution is -1.84. The molecule has 0 amide bonds. The molecule has 0 saturated heterocycles. The highest BCUT2D eigenvalue weighted by atomic mass is 32.1. The van der Waals surface area contributed by atoms with Crippen molar-refractivity contribution in [3.8, 4) is 0 Å². The number of alkyl halides is 2. The van der Waals surface area contributed by atoms with Crippen molar-refractivity contribution in [2.24, 2.45) is 0 Å². The van der Waals surface area contributed by atoms with Crippen LogP contribution in [0.5, 0.6) is 0 Å². The van der Waals surface area contributed by atoms with Gasteiger partial charge in [0.25, 0.3) is 6.43 Å². The van der Waals surface area contributed by atoms with E-state index >= 15 is 0 Å². The molecule has 0 radical (unpaired) electrons. The minimum Gasteiger partial charge on any atom is -0.207 e. The third kappa shape index (κ3) is 1.30. The summed E-state index contributed by atoms with van der Waals surface area (Å²) in [6.45, 7) is 1.60. The zero-order valence-corrected chi connectivity index (χ0v) is 8.17. The molecule has 0 N–H and O–H groups in total. The number of rotatable bonds is 1. The molecule has 1 aromatic carbocycles. The van der Waals surface area contributed by atoms with Crippen molar-refractivity contribution in [3.05, 3.63) is 34.5 Å². The predicted molar refractivity (Wildman–Crippen MR) is 51.5 cm³/mol. The fraction of sp³-hybridized carbons (Fsp3) is 0.200. The molecule has 0 aliphatic rings. The van der Waals surface area contributed by atoms with Gasteiger partial charge in [-0.25, -0.2) is 13.2 Å². The number of thiophene rings is 1. The fourth-order valence-electron chi connectivity index (χ4n) is 1.40. The zero-order valence-electron chi connectivity index (χ0n) is 7.35. The lowest BCUT2D eigenvalue weighted by Gasteiger charge is -1.99. The molecule has 4 heteroatoms. The Labute approximate surface area is 83.0 Å². The van der Waals surface area contributed by atoms with Crippen LogP contribution in [0.3, 0.4) is 0 Å². The fourth-order valence-corrected chi connectivity index (χ4v) is 2.46. The molecule has 14 heavy (non-hydrogen) atoms. The summed E-state index contributed by atoms with van der Waals surface area (Å²) in [6.07, 6.45) is -2.49. The van der Waals surface area contributed by atoms with Crippen molar-refractivity contribution in [3.63, 3.8) is 0 Å². The van der Waals surface area contributed by atoms with Crippen molar-refractivity contribution in [2.45, 2.75) is 13.3 Å². The molecule has 0 bridgehead atoms. The summed E-state index contributed by atoms with van der Waals surface area (Å²) in [5.41, 5.74) is 0.438. The average Bonchev–Trinajstić information content (AvgIpc) is 2.55. The molecule has 0 aliphatic heterocycles. The number of benzene rings is 1. The molecule has 0 saturated carbocycles. The minimum absolute atomic E-state index is 0.00639. The number of halogens is 3. The van der Waals surface area contributed by atoms with E-state index in [9.17, 15) is 13.2 Å². The molecule has 0 nitrogen and oxygen atoms in total. The summed E-state index contributed by atoms with van der Waals surface area (Å²) in [5, 5.41) is 1.85. The third-order valence-corrected chi connectivity index (χ3v) is 3.32. The summed E-state index contributed by atoms with van der Waals surface area (Å²) in [6, 6.07) is 2.64. The summed E-state index contributed by atoms with van der Waals surface area (Å²) in [5.74, 6) is -0.347. The molecule has 74 valence electrons. The van der Waals surface area contributed by atoms with E-state index in [1.54, 1.807) is 6.92 Å². The maximum absolute atomic E-state index is 13.1. The van der Waals surface area contributed by atoms with Gasteiger partial charge >= 0.3 is 0 Å². The topological polar surface area (TPSA) is 0 Å². The Bertz CT molecular complexity index is 473. The molecule has 0 unspecified atom stereocenters. The van der Waals surface area contributed by atoms with Crippen molar-refractivity contribution in [1.29, 1.82) is 0 Å². The summed E-state index contributed by atoms with van der Waals surface area (Å²) in [4.78, 5) is 0. The van der Waals surface area contributed by atoms with Crippen LogP contribution in [0.25, 0.3) is 10.1 Å². The molecule has 1 heterocycles. The van der Waals surface area contributed by atoms with E-state index in [0.717, 1.165) is 11.3 Å². The van der Waals surface area contributed by atoms with E-state index in [2.05, 4.69) is 0 Å². The molecule has 0 spiro atoms. The van der Waals surface area contributed by atoms with Crippen LogP contribution in [0.4, 0.5) is 13.2 Å². The lowest BCUT2D eigenvalue weighted by molar-refractivity contribution is 0.153. The van der Waals surface area contributed by atoms with E-state index in [4.69, 9.17) is 0 Å². The normalized spacial score (nSPS) is 11.5. The van der Waals surface area contributed by atoms with E-state index in [0.29, 0.717) is 15.6 Å². The van der Waals surface area contributed by atoms with Crippen LogP contribution in [-0.4, -0.2) is 0 Å². The van der Waals surface area contributed by atoms with Crippen LogP contribution >= 0.6 is 11.3 Å². The Hall–Kier alpha value is -1.03. The van der Waals surface area contributed by atoms with E-state index in [1.165, 1.54) is 17.5 Å². The molecule has 0 fully saturated rings. The first-order chi connectivity index (χ1) is 6.61. The molecule has 2 rings (SSSR count). The van der Waals surface area contributed by atoms with Gasteiger partial charge in [-0.05, 0) is 13.0 Å². The maximum Gasteiger partial charge on any atom is 0.265 e. The molecule has 0 atom stereocenters. The van der Waals surface area contributed by atoms with Gasteiger partial charge in [-0.1, -0.05) is 6.07 Å². The van der Waals surface area contributed by atoms with Gasteiger partial charge in [-0.2, -0.15) is 0 Å². The lowest BCUT2D eigenvalue weighted by atomic mass is 10.1. The Kier molecular flexibility index (Phi) is 2.23. The standard InChI is InChI=1S/C10H7F3S/c1-5-8(11)3-2-6-7(10(12)13)4-14-9(5)6/h2-4,10H,1H3. The first-order valence-corrected chi connectivity index (χ1v) is 4.93. The second kappa shape index (κ2) is 3.28. The van der Waals surface area contributed by atoms with Gasteiger partial charge in [0.05, 0.1) is 0 Å². The number of fused-ring (bicyclic) bond motifs is 1. The van der Waals surface area contributed by atoms with Crippen molar-refractivity contribution >= 4 is 21.4 Å². The monoisotopic (exact) mass is 216 g/mol.